The molecular formula is C10H14BrNO2. The summed E-state index contributed by atoms with van der Waals surface area (Å²) >= 11 is 3.26. The van der Waals surface area contributed by atoms with Gasteiger partial charge in [0.1, 0.15) is 0 Å². The van der Waals surface area contributed by atoms with Crippen molar-refractivity contribution in [2.75, 3.05) is 6.54 Å². The van der Waals surface area contributed by atoms with Crippen LogP contribution in [-0.4, -0.2) is 12.3 Å². The van der Waals surface area contributed by atoms with Crippen LogP contribution in [0, 0.1) is 5.92 Å². The minimum atomic E-state index is -0.123. The van der Waals surface area contributed by atoms with E-state index in [0.717, 1.165) is 12.8 Å². The molecule has 1 rings (SSSR count). The van der Waals surface area contributed by atoms with E-state index in [4.69, 9.17) is 10.2 Å². The highest BCUT2D eigenvalue weighted by Crippen LogP contribution is 2.22. The van der Waals surface area contributed by atoms with Gasteiger partial charge in [-0.2, -0.15) is 0 Å². The van der Waals surface area contributed by atoms with Gasteiger partial charge in [-0.1, -0.05) is 13.3 Å². The van der Waals surface area contributed by atoms with Crippen molar-refractivity contribution in [2.45, 2.75) is 19.8 Å². The predicted octanol–water partition coefficient (Wildman–Crippen LogP) is 2.60. The van der Waals surface area contributed by atoms with Crippen LogP contribution in [0.4, 0.5) is 0 Å². The molecule has 1 heterocycles. The minimum absolute atomic E-state index is 0.00812. The van der Waals surface area contributed by atoms with Gasteiger partial charge in [-0.25, -0.2) is 0 Å². The quantitative estimate of drug-likeness (QED) is 0.828. The number of ketones is 1. The van der Waals surface area contributed by atoms with Gasteiger partial charge >= 0.3 is 0 Å². The number of furan rings is 1. The van der Waals surface area contributed by atoms with E-state index in [1.165, 1.54) is 6.26 Å². The molecule has 0 aliphatic carbocycles. The molecule has 3 nitrogen and oxygen atoms in total. The second kappa shape index (κ2) is 5.32. The molecule has 0 saturated heterocycles. The Labute approximate surface area is 91.8 Å². The fourth-order valence-electron chi connectivity index (χ4n) is 1.36. The second-order valence-corrected chi connectivity index (χ2v) is 4.04. The maximum Gasteiger partial charge on any atom is 0.203 e. The topological polar surface area (TPSA) is 56.2 Å². The molecule has 0 spiro atoms. The van der Waals surface area contributed by atoms with E-state index in [-0.39, 0.29) is 11.7 Å². The maximum atomic E-state index is 11.8. The predicted molar refractivity (Wildman–Crippen MR) is 58.2 cm³/mol. The zero-order valence-corrected chi connectivity index (χ0v) is 9.71. The lowest BCUT2D eigenvalue weighted by atomic mass is 9.97. The molecular weight excluding hydrogens is 246 g/mol. The molecule has 78 valence electrons. The van der Waals surface area contributed by atoms with E-state index in [2.05, 4.69) is 15.9 Å². The summed E-state index contributed by atoms with van der Waals surface area (Å²) in [5.74, 6) is 0.252. The van der Waals surface area contributed by atoms with Gasteiger partial charge in [0.25, 0.3) is 0 Å². The monoisotopic (exact) mass is 259 g/mol. The van der Waals surface area contributed by atoms with Crippen molar-refractivity contribution in [3.8, 4) is 0 Å². The number of hydrogen-bond acceptors (Lipinski definition) is 3. The van der Waals surface area contributed by atoms with Crippen molar-refractivity contribution in [3.05, 3.63) is 22.6 Å². The first kappa shape index (κ1) is 11.5. The third kappa shape index (κ3) is 2.45. The molecule has 0 radical (unpaired) electrons. The van der Waals surface area contributed by atoms with Gasteiger partial charge in [-0.15, -0.1) is 0 Å². The Morgan fingerprint density at radius 1 is 1.71 bits per heavy atom. The van der Waals surface area contributed by atoms with Crippen molar-refractivity contribution in [1.82, 2.24) is 0 Å². The molecule has 0 aromatic carbocycles. The molecule has 1 aromatic heterocycles. The summed E-state index contributed by atoms with van der Waals surface area (Å²) in [5.41, 5.74) is 5.54. The Bertz CT molecular complexity index is 309. The van der Waals surface area contributed by atoms with Crippen LogP contribution >= 0.6 is 15.9 Å². The Balaban J connectivity index is 2.78. The van der Waals surface area contributed by atoms with Gasteiger partial charge in [0.05, 0.1) is 10.7 Å². The highest BCUT2D eigenvalue weighted by molar-refractivity contribution is 9.10. The molecule has 0 aliphatic rings. The van der Waals surface area contributed by atoms with Gasteiger partial charge in [0, 0.05) is 12.5 Å². The third-order valence-electron chi connectivity index (χ3n) is 2.13. The van der Waals surface area contributed by atoms with Crippen LogP contribution in [0.15, 0.2) is 21.2 Å². The molecule has 0 aliphatic heterocycles. The van der Waals surface area contributed by atoms with Gasteiger partial charge in [-0.3, -0.25) is 4.79 Å². The van der Waals surface area contributed by atoms with Crippen LogP contribution in [0.2, 0.25) is 0 Å². The number of Topliss-reactive ketones (excluding diaryl/α,β-unsaturated/α-hetero) is 1. The molecule has 4 heteroatoms. The van der Waals surface area contributed by atoms with Gasteiger partial charge in [0.15, 0.2) is 5.76 Å². The van der Waals surface area contributed by atoms with Crippen LogP contribution in [0.25, 0.3) is 0 Å². The molecule has 1 aromatic rings. The number of carbonyl (C=O) groups is 1. The number of carbonyl (C=O) groups excluding carboxylic acids is 1. The molecule has 1 atom stereocenters. The number of halogens is 1. The third-order valence-corrected chi connectivity index (χ3v) is 2.76. The zero-order chi connectivity index (χ0) is 10.6. The van der Waals surface area contributed by atoms with Crippen molar-refractivity contribution < 1.29 is 9.21 Å². The average molecular weight is 260 g/mol. The van der Waals surface area contributed by atoms with E-state index in [9.17, 15) is 4.79 Å². The first-order chi connectivity index (χ1) is 6.70. The van der Waals surface area contributed by atoms with E-state index in [0.29, 0.717) is 16.8 Å². The molecule has 1 unspecified atom stereocenters. The van der Waals surface area contributed by atoms with Crippen LogP contribution < -0.4 is 5.73 Å². The van der Waals surface area contributed by atoms with Crippen molar-refractivity contribution in [3.63, 3.8) is 0 Å². The highest BCUT2D eigenvalue weighted by atomic mass is 79.9. The molecule has 0 fully saturated rings. The summed E-state index contributed by atoms with van der Waals surface area (Å²) in [6.07, 6.45) is 3.26. The fraction of sp³-hybridized carbons (Fsp3) is 0.500. The lowest BCUT2D eigenvalue weighted by Gasteiger charge is -2.10. The fourth-order valence-corrected chi connectivity index (χ4v) is 1.76. The van der Waals surface area contributed by atoms with Crippen molar-refractivity contribution in [2.24, 2.45) is 11.7 Å². The van der Waals surface area contributed by atoms with E-state index in [1.54, 1.807) is 6.07 Å². The smallest absolute Gasteiger partial charge is 0.203 e. The number of nitrogens with two attached hydrogens (primary N) is 1. The van der Waals surface area contributed by atoms with E-state index in [1.807, 2.05) is 6.92 Å². The minimum Gasteiger partial charge on any atom is -0.460 e. The first-order valence-corrected chi connectivity index (χ1v) is 5.47. The molecule has 0 saturated carbocycles. The van der Waals surface area contributed by atoms with Crippen LogP contribution in [0.1, 0.15) is 30.3 Å². The largest absolute Gasteiger partial charge is 0.460 e. The van der Waals surface area contributed by atoms with E-state index >= 15 is 0 Å². The Kier molecular flexibility index (Phi) is 4.35. The maximum absolute atomic E-state index is 11.8. The second-order valence-electron chi connectivity index (χ2n) is 3.18. The summed E-state index contributed by atoms with van der Waals surface area (Å²) in [5, 5.41) is 0. The molecule has 2 N–H and O–H groups in total. The lowest BCUT2D eigenvalue weighted by Crippen LogP contribution is -2.23. The van der Waals surface area contributed by atoms with Gasteiger partial charge in [0.2, 0.25) is 5.78 Å². The Hall–Kier alpha value is -0.610. The molecule has 0 bridgehead atoms. The molecule has 0 amide bonds. The Morgan fingerprint density at radius 3 is 2.86 bits per heavy atom. The summed E-state index contributed by atoms with van der Waals surface area (Å²) in [6.45, 7) is 2.41. The van der Waals surface area contributed by atoms with Crippen LogP contribution in [0.3, 0.4) is 0 Å². The van der Waals surface area contributed by atoms with Crippen LogP contribution in [0.5, 0.6) is 0 Å². The van der Waals surface area contributed by atoms with Gasteiger partial charge < -0.3 is 10.2 Å². The lowest BCUT2D eigenvalue weighted by molar-refractivity contribution is 0.0888. The molecule has 14 heavy (non-hydrogen) atoms. The average Bonchev–Trinajstić information content (AvgIpc) is 2.59. The van der Waals surface area contributed by atoms with Crippen molar-refractivity contribution in [1.29, 1.82) is 0 Å². The normalized spacial score (nSPS) is 12.8. The summed E-state index contributed by atoms with van der Waals surface area (Å²) < 4.78 is 5.81. The summed E-state index contributed by atoms with van der Waals surface area (Å²) in [7, 11) is 0. The SMILES string of the molecule is CCCC(CN)C(=O)c1occc1Br. The standard InChI is InChI=1S/C10H14BrNO2/c1-2-3-7(6-12)9(13)10-8(11)4-5-14-10/h4-5,7H,2-3,6,12H2,1H3. The van der Waals surface area contributed by atoms with Crippen LogP contribution in [-0.2, 0) is 0 Å². The zero-order valence-electron chi connectivity index (χ0n) is 8.13. The highest BCUT2D eigenvalue weighted by Gasteiger charge is 2.22. The number of hydrogen-bond donors (Lipinski definition) is 1. The number of rotatable bonds is 5. The summed E-state index contributed by atoms with van der Waals surface area (Å²) in [6, 6.07) is 1.72. The Morgan fingerprint density at radius 2 is 2.43 bits per heavy atom. The van der Waals surface area contributed by atoms with E-state index < -0.39 is 0 Å². The van der Waals surface area contributed by atoms with Gasteiger partial charge in [-0.05, 0) is 28.4 Å². The summed E-state index contributed by atoms with van der Waals surface area (Å²) in [4.78, 5) is 11.8. The van der Waals surface area contributed by atoms with Crippen molar-refractivity contribution >= 4 is 21.7 Å². The first-order valence-electron chi connectivity index (χ1n) is 4.68.